The molecule has 0 radical (unpaired) electrons. The van der Waals surface area contributed by atoms with Crippen molar-refractivity contribution in [3.05, 3.63) is 254 Å². The minimum atomic E-state index is -2.27. The zero-order chi connectivity index (χ0) is 82.2. The molecule has 15 rings (SSSR count). The predicted octanol–water partition coefficient (Wildman–Crippen LogP) is 10.2. The van der Waals surface area contributed by atoms with Gasteiger partial charge < -0.3 is 49.1 Å². The number of fused-ring (bicyclic) bond motifs is 3. The van der Waals surface area contributed by atoms with Gasteiger partial charge in [-0.15, -0.1) is 0 Å². The van der Waals surface area contributed by atoms with Gasteiger partial charge in [-0.25, -0.2) is 71.6 Å². The lowest BCUT2D eigenvalue weighted by molar-refractivity contribution is 0.588. The third kappa shape index (κ3) is 19.4. The first kappa shape index (κ1) is 76.1. The Morgan fingerprint density at radius 1 is 0.333 bits per heavy atom. The van der Waals surface area contributed by atoms with Gasteiger partial charge in [0.15, 0.2) is 17.5 Å². The summed E-state index contributed by atoms with van der Waals surface area (Å²) in [4.78, 5) is 43.3. The molecule has 0 aliphatic rings. The van der Waals surface area contributed by atoms with Crippen LogP contribution in [0.15, 0.2) is 203 Å². The highest BCUT2D eigenvalue weighted by Crippen LogP contribution is 2.32. The highest BCUT2D eigenvalue weighted by Gasteiger charge is 2.28. The number of aryl methyl sites for hydroxylation is 3. The summed E-state index contributed by atoms with van der Waals surface area (Å²) in [5.41, 5.74) is 46.0. The number of nitrogens with zero attached hydrogens (tertiary/aromatic N) is 24. The quantitative estimate of drug-likeness (QED) is 0.0465. The molecule has 0 spiro atoms. The fourth-order valence-electron chi connectivity index (χ4n) is 11.8. The van der Waals surface area contributed by atoms with Crippen molar-refractivity contribution in [3.63, 3.8) is 0 Å². The Kier molecular flexibility index (Phi) is 24.5. The lowest BCUT2D eigenvalue weighted by Gasteiger charge is -2.25. The fraction of sp³-hybridized carbons (Fsp3) is 0.269. The Morgan fingerprint density at radius 3 is 0.802 bits per heavy atom. The summed E-state index contributed by atoms with van der Waals surface area (Å²) in [5, 5.41) is 25.2. The van der Waals surface area contributed by atoms with Crippen LogP contribution in [0.4, 0.5) is 48.5 Å². The summed E-state index contributed by atoms with van der Waals surface area (Å²) in [6.45, 7) is 21.3. The topological polar surface area (TPSA) is 387 Å². The van der Waals surface area contributed by atoms with Gasteiger partial charge >= 0.3 is 0 Å². The molecule has 12 aromatic heterocycles. The summed E-state index contributed by atoms with van der Waals surface area (Å²) < 4.78 is 70.8. The summed E-state index contributed by atoms with van der Waals surface area (Å²) in [7, 11) is 3.83. The predicted molar refractivity (Wildman–Crippen MR) is 427 cm³/mol. The summed E-state index contributed by atoms with van der Waals surface area (Å²) in [6.07, 6.45) is 30.9. The fourth-order valence-corrected chi connectivity index (χ4v) is 11.8. The Labute approximate surface area is 645 Å². The standard InChI is InChI=1S/3C14H18N6.3C12H13FN4/c3*1-4-19(5-2)14-13-6-11(9-20(13)17-10-15-14)12-7-16-18(3)8-12;3*1-12(15,8-2-4-10(13)5-3-8)9-6-16-11(14)17-7-9/h3*6-10H,4-5H2,1-3H3;3*2-7H,15H2,1H3,(H2,14,16,17)/t;;;2*12-;/m...10./s1/i3D3;;;;;. The van der Waals surface area contributed by atoms with Gasteiger partial charge in [-0.3, -0.25) is 14.0 Å². The van der Waals surface area contributed by atoms with E-state index in [0.29, 0.717) is 0 Å². The maximum Gasteiger partial charge on any atom is 0.219 e. The molecule has 33 heteroatoms. The molecule has 0 aliphatic carbocycles. The van der Waals surface area contributed by atoms with Crippen molar-refractivity contribution in [2.24, 2.45) is 38.3 Å². The Hall–Kier alpha value is -13.1. The number of nitrogens with two attached hydrogens (primary N) is 6. The van der Waals surface area contributed by atoms with Crippen LogP contribution < -0.4 is 49.1 Å². The third-order valence-electron chi connectivity index (χ3n) is 18.5. The van der Waals surface area contributed by atoms with E-state index in [1.54, 1.807) is 106 Å². The molecule has 0 saturated heterocycles. The molecule has 3 atom stereocenters. The van der Waals surface area contributed by atoms with Gasteiger partial charge in [0.2, 0.25) is 17.8 Å². The molecule has 0 amide bonds. The van der Waals surface area contributed by atoms with Crippen LogP contribution >= 0.6 is 0 Å². The summed E-state index contributed by atoms with van der Waals surface area (Å²) in [6, 6.07) is 24.3. The molecule has 12 heterocycles. The van der Waals surface area contributed by atoms with Gasteiger partial charge in [-0.1, -0.05) is 36.4 Å². The maximum atomic E-state index is 12.8. The smallest absolute Gasteiger partial charge is 0.219 e. The highest BCUT2D eigenvalue weighted by atomic mass is 19.1. The van der Waals surface area contributed by atoms with Gasteiger partial charge in [-0.2, -0.15) is 30.6 Å². The first-order valence-electron chi connectivity index (χ1n) is 37.1. The summed E-state index contributed by atoms with van der Waals surface area (Å²) >= 11 is 0. The van der Waals surface area contributed by atoms with E-state index in [2.05, 4.69) is 144 Å². The molecule has 1 unspecified atom stereocenters. The highest BCUT2D eigenvalue weighted by molar-refractivity contribution is 5.79. The van der Waals surface area contributed by atoms with Crippen molar-refractivity contribution in [2.45, 2.75) is 78.9 Å². The van der Waals surface area contributed by atoms with Crippen molar-refractivity contribution >= 4 is 51.8 Å². The minimum absolute atomic E-state index is 0.198. The van der Waals surface area contributed by atoms with Crippen molar-refractivity contribution in [1.82, 2.24) is 103 Å². The third-order valence-corrected chi connectivity index (χ3v) is 18.5. The maximum absolute atomic E-state index is 12.8. The average Bonchev–Trinajstić information content (AvgIpc) is 1.65. The molecule has 0 fully saturated rings. The van der Waals surface area contributed by atoms with Gasteiger partial charge in [0.05, 0.1) is 35.2 Å². The van der Waals surface area contributed by atoms with Crippen LogP contribution in [0.1, 0.15) is 99.8 Å². The molecule has 15 aromatic rings. The number of hydrogen-bond donors (Lipinski definition) is 6. The van der Waals surface area contributed by atoms with E-state index in [-0.39, 0.29) is 35.3 Å². The van der Waals surface area contributed by atoms with Crippen molar-refractivity contribution in [2.75, 3.05) is 71.2 Å². The normalized spacial score (nSPS) is 13.1. The molecule has 0 bridgehead atoms. The second-order valence-electron chi connectivity index (χ2n) is 26.0. The summed E-state index contributed by atoms with van der Waals surface area (Å²) in [5.74, 6) is 2.52. The zero-order valence-electron chi connectivity index (χ0n) is 66.6. The monoisotopic (exact) mass is 1510 g/mol. The molecular weight excluding hydrogens is 1410 g/mol. The Balaban J connectivity index is 0.000000145. The zero-order valence-corrected chi connectivity index (χ0v) is 63.6. The number of aromatic nitrogens is 21. The van der Waals surface area contributed by atoms with Gasteiger partial charge in [0.25, 0.3) is 0 Å². The van der Waals surface area contributed by atoms with E-state index < -0.39 is 23.6 Å². The lowest BCUT2D eigenvalue weighted by Crippen LogP contribution is -2.34. The van der Waals surface area contributed by atoms with Gasteiger partial charge in [0.1, 0.15) is 53.0 Å². The Bertz CT molecular complexity index is 5050. The molecule has 576 valence electrons. The van der Waals surface area contributed by atoms with Crippen LogP contribution in [0.5, 0.6) is 0 Å². The second kappa shape index (κ2) is 35.7. The van der Waals surface area contributed by atoms with Crippen molar-refractivity contribution in [1.29, 1.82) is 0 Å². The SMILES string of the molecule is CC(N)(c1ccc(F)cc1)c1cnc(N)nc1.CCN(CC)c1ncnn2cc(-c3cnn(C)c3)cc12.CCN(CC)c1ncnn2cc(-c3cnn(C)c3)cc12.C[C@@](N)(c1ccc(F)cc1)c1cnc(N)nc1.C[C@](N)(c1ccc(F)cc1)c1cnc(N)nc1.[2H]C([2H])([2H])n1cc(-c2cc3c(N(CC)CC)ncnn3c2)cn1. The number of hydrogen-bond acceptors (Lipinski definition) is 24. The number of benzene rings is 3. The molecular formula is C78H93F3N30. The number of rotatable bonds is 18. The van der Waals surface area contributed by atoms with E-state index in [9.17, 15) is 13.2 Å². The van der Waals surface area contributed by atoms with Crippen LogP contribution in [0, 0.1) is 17.5 Å². The number of anilines is 6. The minimum Gasteiger partial charge on any atom is -0.368 e. The molecule has 0 aliphatic heterocycles. The van der Waals surface area contributed by atoms with E-state index >= 15 is 0 Å². The van der Waals surface area contributed by atoms with E-state index in [1.807, 2.05) is 93.3 Å². The Morgan fingerprint density at radius 2 is 0.577 bits per heavy atom. The van der Waals surface area contributed by atoms with E-state index in [0.717, 1.165) is 145 Å². The van der Waals surface area contributed by atoms with E-state index in [1.165, 1.54) is 48.9 Å². The van der Waals surface area contributed by atoms with Gasteiger partial charge in [-0.05, 0) is 134 Å². The van der Waals surface area contributed by atoms with Crippen LogP contribution in [0.3, 0.4) is 0 Å². The van der Waals surface area contributed by atoms with Gasteiger partial charge in [0, 0.05) is 189 Å². The van der Waals surface area contributed by atoms with Crippen molar-refractivity contribution < 1.29 is 17.3 Å². The van der Waals surface area contributed by atoms with Crippen LogP contribution in [0.25, 0.3) is 49.9 Å². The van der Waals surface area contributed by atoms with E-state index in [4.69, 9.17) is 38.5 Å². The lowest BCUT2D eigenvalue weighted by atomic mass is 9.87. The second-order valence-corrected chi connectivity index (χ2v) is 26.0. The largest absolute Gasteiger partial charge is 0.368 e. The molecule has 111 heavy (non-hydrogen) atoms. The first-order valence-corrected chi connectivity index (χ1v) is 35.6. The first-order chi connectivity index (χ1) is 54.4. The van der Waals surface area contributed by atoms with Crippen molar-refractivity contribution in [3.8, 4) is 33.4 Å². The number of halogens is 3. The van der Waals surface area contributed by atoms with Crippen LogP contribution in [-0.4, -0.2) is 142 Å². The molecule has 3 aromatic carbocycles. The molecule has 0 saturated carbocycles. The molecule has 12 N–H and O–H groups in total. The van der Waals surface area contributed by atoms with Crippen LogP contribution in [-0.2, 0) is 37.7 Å². The van der Waals surface area contributed by atoms with Crippen LogP contribution in [0.2, 0.25) is 0 Å². The number of nitrogen functional groups attached to an aromatic ring is 3. The molecule has 30 nitrogen and oxygen atoms in total. The average molecular weight is 1510 g/mol.